The molecule has 0 saturated carbocycles. The van der Waals surface area contributed by atoms with E-state index >= 15 is 0 Å². The predicted octanol–water partition coefficient (Wildman–Crippen LogP) is 10.1. The number of carboxylic acid groups (broad SMARTS) is 6. The third-order valence-corrected chi connectivity index (χ3v) is 16.3. The van der Waals surface area contributed by atoms with Gasteiger partial charge in [0.05, 0.1) is 18.7 Å². The Morgan fingerprint density at radius 3 is 1.38 bits per heavy atom. The van der Waals surface area contributed by atoms with Gasteiger partial charge in [0.25, 0.3) is 0 Å². The molecule has 0 aliphatic heterocycles. The van der Waals surface area contributed by atoms with E-state index in [1.807, 2.05) is 237 Å². The highest BCUT2D eigenvalue weighted by Gasteiger charge is 2.17. The summed E-state index contributed by atoms with van der Waals surface area (Å²) in [5.41, 5.74) is 43.6. The molecule has 1 aromatic heterocycles. The monoisotopic (exact) mass is 1420 g/mol. The first kappa shape index (κ1) is 82.7. The minimum atomic E-state index is -1.07. The molecule has 0 spiro atoms. The number of hydrogen-bond donors (Lipinski definition) is 12. The predicted molar refractivity (Wildman–Crippen MR) is 401 cm³/mol. The first-order chi connectivity index (χ1) is 49.3. The molecule has 0 aliphatic rings. The van der Waals surface area contributed by atoms with E-state index in [1.165, 1.54) is 11.1 Å². The lowest BCUT2D eigenvalue weighted by Gasteiger charge is -2.09. The topological polar surface area (TPSA) is 428 Å². The highest BCUT2D eigenvalue weighted by molar-refractivity contribution is 7.98. The highest BCUT2D eigenvalue weighted by atomic mass is 32.2. The molecule has 10 aromatic rings. The van der Waals surface area contributed by atoms with Gasteiger partial charge in [-0.05, 0) is 106 Å². The number of ketones is 1. The van der Waals surface area contributed by atoms with Gasteiger partial charge in [-0.3, -0.25) is 38.5 Å². The largest absolute Gasteiger partial charge is 0.489 e. The molecule has 6 unspecified atom stereocenters. The molecule has 1 heterocycles. The summed E-state index contributed by atoms with van der Waals surface area (Å²) >= 11 is 1.54. The number of carboxylic acids is 6. The molecule has 6 atom stereocenters. The van der Waals surface area contributed by atoms with Crippen LogP contribution in [0, 0.1) is 6.92 Å². The number of hydrogen-bond acceptors (Lipinski definition) is 17. The maximum atomic E-state index is 11.8. The van der Waals surface area contributed by atoms with Gasteiger partial charge in [-0.2, -0.15) is 11.8 Å². The van der Waals surface area contributed by atoms with Gasteiger partial charge in [-0.15, -0.1) is 0 Å². The molecule has 0 saturated heterocycles. The van der Waals surface area contributed by atoms with Crippen molar-refractivity contribution in [1.82, 2.24) is 4.98 Å². The number of fused-ring (bicyclic) bond motifs is 2. The number of carbonyl (C=O) groups excluding carboxylic acids is 1. The smallest absolute Gasteiger partial charge is 0.322 e. The molecular weight excluding hydrogens is 1330 g/mol. The molecule has 18 N–H and O–H groups in total. The van der Waals surface area contributed by atoms with Gasteiger partial charge in [0.1, 0.15) is 54.4 Å². The molecule has 540 valence electrons. The third kappa shape index (κ3) is 32.5. The number of aliphatic carboxylic acids is 6. The number of aromatic nitrogens is 1. The van der Waals surface area contributed by atoms with Crippen LogP contribution in [-0.4, -0.2) is 126 Å². The Balaban J connectivity index is 0.000000223. The summed E-state index contributed by atoms with van der Waals surface area (Å²) in [4.78, 5) is 79.5. The number of rotatable bonds is 29. The maximum Gasteiger partial charge on any atom is 0.322 e. The molecule has 10 rings (SSSR count). The second kappa shape index (κ2) is 45.0. The average Bonchev–Trinajstić information content (AvgIpc) is 0.847. The number of benzene rings is 9. The molecule has 103 heavy (non-hydrogen) atoms. The number of nitrogens with two attached hydrogens (primary N) is 6. The van der Waals surface area contributed by atoms with Crippen LogP contribution >= 0.6 is 11.8 Å². The summed E-state index contributed by atoms with van der Waals surface area (Å²) < 4.78 is 10.8. The van der Waals surface area contributed by atoms with Gasteiger partial charge in [-0.1, -0.05) is 224 Å². The van der Waals surface area contributed by atoms with Crippen LogP contribution in [0.15, 0.2) is 243 Å². The van der Waals surface area contributed by atoms with Crippen molar-refractivity contribution in [2.75, 3.05) is 12.4 Å². The second-order valence-electron chi connectivity index (χ2n) is 23.7. The van der Waals surface area contributed by atoms with Crippen LogP contribution in [0.25, 0.3) is 32.8 Å². The van der Waals surface area contributed by atoms with Crippen LogP contribution in [0.1, 0.15) is 57.5 Å². The standard InChI is InChI=1S/2C16H17NO3.C15H15NO2.C12H12N2O2.C11H15NO2S.C10H13NO3/c17-15(16(19)20)8-7-14(18)10-11-5-6-12-3-1-2-4-13(12)9-11;17-15(16(18)19)10-12-6-8-14(9-7-12)20-11-13-4-2-1-3-5-13;16-14(15(17)18)10-11-6-8-13(9-7-11)12-4-2-1-3-5-12;13-10(12(15)16)7-9-6-5-8-3-1-2-4-11(8)14-9;1-8-2-4-9(5-3-8)6-15-7-10(12)11(13)14;11-9(10(12)13)7-14-6-8-4-2-1-3-5-8/h1-6,9,15H,7-8,10,17H2,(H,19,20);1-9,15H,10-11,17H2,(H,18,19);1-9,14H,10,16H2,(H,17,18);1-6,10H,7,13H2,(H,15,16);2-5,10H,6-7,12H2,1H3,(H,13,14);1-5,9H,6-7,11H2,(H,12,13). The van der Waals surface area contributed by atoms with Gasteiger partial charge in [0, 0.05) is 41.8 Å². The number of thioether (sulfide) groups is 1. The minimum absolute atomic E-state index is 0.0111. The van der Waals surface area contributed by atoms with Gasteiger partial charge < -0.3 is 74.5 Å². The molecule has 22 nitrogen and oxygen atoms in total. The summed E-state index contributed by atoms with van der Waals surface area (Å²) in [7, 11) is 0. The van der Waals surface area contributed by atoms with Crippen molar-refractivity contribution >= 4 is 75.0 Å². The zero-order valence-electron chi connectivity index (χ0n) is 57.0. The first-order valence-corrected chi connectivity index (χ1v) is 33.9. The van der Waals surface area contributed by atoms with E-state index in [-0.39, 0.29) is 31.7 Å². The van der Waals surface area contributed by atoms with E-state index in [1.54, 1.807) is 11.8 Å². The fourth-order valence-corrected chi connectivity index (χ4v) is 10.2. The molecule has 0 fully saturated rings. The highest BCUT2D eigenvalue weighted by Crippen LogP contribution is 2.22. The average molecular weight is 1420 g/mol. The summed E-state index contributed by atoms with van der Waals surface area (Å²) in [6.07, 6.45) is 1.61. The maximum absolute atomic E-state index is 11.8. The lowest BCUT2D eigenvalue weighted by molar-refractivity contribution is -0.140. The number of para-hydroxylation sites is 1. The molecule has 23 heteroatoms. The Bertz CT molecular complexity index is 4240. The Morgan fingerprint density at radius 1 is 0.398 bits per heavy atom. The Hall–Kier alpha value is -11.0. The van der Waals surface area contributed by atoms with Crippen LogP contribution < -0.4 is 39.1 Å². The molecule has 0 radical (unpaired) electrons. The van der Waals surface area contributed by atoms with E-state index in [0.717, 1.165) is 72.1 Å². The van der Waals surface area contributed by atoms with E-state index in [9.17, 15) is 33.6 Å². The molecular formula is C80H89N7O15S. The lowest BCUT2D eigenvalue weighted by atomic mass is 10.0. The van der Waals surface area contributed by atoms with Gasteiger partial charge in [-0.25, -0.2) is 0 Å². The number of aryl methyl sites for hydroxylation is 1. The Morgan fingerprint density at radius 2 is 0.835 bits per heavy atom. The number of Topliss-reactive ketones (excluding diaryl/α,β-unsaturated/α-hetero) is 1. The molecule has 0 amide bonds. The summed E-state index contributed by atoms with van der Waals surface area (Å²) in [5, 5.41) is 55.2. The van der Waals surface area contributed by atoms with Crippen molar-refractivity contribution < 1.29 is 73.7 Å². The summed E-state index contributed by atoms with van der Waals surface area (Å²) in [6.45, 7) is 2.97. The van der Waals surface area contributed by atoms with E-state index in [2.05, 4.69) is 17.1 Å². The zero-order valence-corrected chi connectivity index (χ0v) is 57.8. The van der Waals surface area contributed by atoms with Crippen molar-refractivity contribution in [3.63, 3.8) is 0 Å². The van der Waals surface area contributed by atoms with Crippen LogP contribution in [0.5, 0.6) is 5.75 Å². The van der Waals surface area contributed by atoms with E-state index in [4.69, 9.17) is 74.5 Å². The fourth-order valence-electron chi connectivity index (χ4n) is 9.26. The zero-order chi connectivity index (χ0) is 75.1. The van der Waals surface area contributed by atoms with E-state index in [0.29, 0.717) is 43.9 Å². The van der Waals surface area contributed by atoms with Crippen molar-refractivity contribution in [2.24, 2.45) is 34.4 Å². The number of ether oxygens (including phenoxy) is 2. The third-order valence-electron chi connectivity index (χ3n) is 15.2. The number of nitrogens with zero attached hydrogens (tertiary/aromatic N) is 1. The van der Waals surface area contributed by atoms with Crippen molar-refractivity contribution in [1.29, 1.82) is 0 Å². The molecule has 9 aromatic carbocycles. The van der Waals surface area contributed by atoms with Crippen LogP contribution in [0.3, 0.4) is 0 Å². The first-order valence-electron chi connectivity index (χ1n) is 32.7. The Kier molecular flexibility index (Phi) is 36.1. The van der Waals surface area contributed by atoms with Crippen molar-refractivity contribution in [3.8, 4) is 16.9 Å². The quantitative estimate of drug-likeness (QED) is 0.0207. The number of carbonyl (C=O) groups is 7. The summed E-state index contributed by atoms with van der Waals surface area (Å²) in [5.74, 6) is -4.00. The SMILES string of the molecule is Cc1ccc(CSCC(N)C(=O)O)cc1.NC(CCC(=O)Cc1ccc2ccccc2c1)C(=O)O.NC(COCc1ccccc1)C(=O)O.NC(Cc1ccc(-c2ccccc2)cc1)C(=O)O.NC(Cc1ccc(OCc2ccccc2)cc1)C(=O)O.NC(Cc1ccc2ccccc2n1)C(=O)O. The van der Waals surface area contributed by atoms with Gasteiger partial charge >= 0.3 is 35.8 Å². The normalized spacial score (nSPS) is 12.2. The van der Waals surface area contributed by atoms with E-state index < -0.39 is 72.1 Å². The van der Waals surface area contributed by atoms with Crippen molar-refractivity contribution in [2.45, 2.75) is 101 Å². The van der Waals surface area contributed by atoms with Gasteiger partial charge in [0.15, 0.2) is 0 Å². The fraction of sp³-hybridized carbons (Fsp3) is 0.225. The molecule has 0 aliphatic carbocycles. The Labute approximate surface area is 602 Å². The van der Waals surface area contributed by atoms with Crippen molar-refractivity contribution in [3.05, 3.63) is 287 Å². The lowest BCUT2D eigenvalue weighted by Crippen LogP contribution is -2.34. The molecule has 0 bridgehead atoms. The minimum Gasteiger partial charge on any atom is -0.489 e. The van der Waals surface area contributed by atoms with Crippen LogP contribution in [0.4, 0.5) is 0 Å². The second-order valence-corrected chi connectivity index (χ2v) is 24.7. The number of pyridine rings is 1. The van der Waals surface area contributed by atoms with Crippen LogP contribution in [0.2, 0.25) is 0 Å². The summed E-state index contributed by atoms with van der Waals surface area (Å²) in [6, 6.07) is 72.8. The van der Waals surface area contributed by atoms with Crippen LogP contribution in [-0.2, 0) is 82.9 Å². The van der Waals surface area contributed by atoms with Gasteiger partial charge in [0.2, 0.25) is 0 Å².